The van der Waals surface area contributed by atoms with Crippen LogP contribution in [-0.4, -0.2) is 53.3 Å². The second-order valence-corrected chi connectivity index (χ2v) is 6.84. The summed E-state index contributed by atoms with van der Waals surface area (Å²) in [6.45, 7) is 5.76. The molecule has 1 atom stereocenters. The first-order valence-electron chi connectivity index (χ1n) is 8.73. The van der Waals surface area contributed by atoms with Crippen LogP contribution in [0.5, 0.6) is 0 Å². The lowest BCUT2D eigenvalue weighted by Crippen LogP contribution is -2.59. The van der Waals surface area contributed by atoms with Gasteiger partial charge in [0.1, 0.15) is 0 Å². The zero-order chi connectivity index (χ0) is 16.2. The van der Waals surface area contributed by atoms with Gasteiger partial charge in [0.15, 0.2) is 0 Å². The first kappa shape index (κ1) is 15.5. The van der Waals surface area contributed by atoms with Gasteiger partial charge in [0, 0.05) is 51.3 Å². The number of hydrogen-bond acceptors (Lipinski definition) is 5. The van der Waals surface area contributed by atoms with Gasteiger partial charge in [-0.05, 0) is 36.6 Å². The summed E-state index contributed by atoms with van der Waals surface area (Å²) < 4.78 is 6.31. The minimum absolute atomic E-state index is 0.0610. The third-order valence-electron chi connectivity index (χ3n) is 5.01. The molecule has 126 valence electrons. The zero-order valence-corrected chi connectivity index (χ0v) is 14.0. The van der Waals surface area contributed by atoms with E-state index in [-0.39, 0.29) is 5.60 Å². The highest BCUT2D eigenvalue weighted by atomic mass is 16.5. The quantitative estimate of drug-likeness (QED) is 0.867. The molecule has 2 saturated heterocycles. The monoisotopic (exact) mass is 324 g/mol. The second-order valence-electron chi connectivity index (χ2n) is 6.84. The van der Waals surface area contributed by atoms with E-state index in [1.165, 1.54) is 11.3 Å². The third-order valence-corrected chi connectivity index (χ3v) is 5.01. The van der Waals surface area contributed by atoms with E-state index in [0.29, 0.717) is 0 Å². The van der Waals surface area contributed by atoms with Crippen molar-refractivity contribution in [1.82, 2.24) is 14.9 Å². The van der Waals surface area contributed by atoms with E-state index in [9.17, 15) is 0 Å². The highest BCUT2D eigenvalue weighted by Crippen LogP contribution is 2.31. The maximum atomic E-state index is 6.31. The summed E-state index contributed by atoms with van der Waals surface area (Å²) in [7, 11) is 0. The molecule has 4 rings (SSSR count). The molecule has 0 aliphatic carbocycles. The van der Waals surface area contributed by atoms with Crippen molar-refractivity contribution in [3.05, 3.63) is 54.6 Å². The molecule has 5 heteroatoms. The van der Waals surface area contributed by atoms with E-state index in [1.54, 1.807) is 0 Å². The maximum absolute atomic E-state index is 6.31. The van der Waals surface area contributed by atoms with Gasteiger partial charge in [-0.15, -0.1) is 0 Å². The molecule has 2 fully saturated rings. The van der Waals surface area contributed by atoms with Crippen molar-refractivity contribution in [2.75, 3.05) is 37.7 Å². The normalized spacial score (nSPS) is 25.1. The van der Waals surface area contributed by atoms with E-state index in [1.807, 2.05) is 36.9 Å². The Hall–Kier alpha value is -1.98. The Bertz CT molecular complexity index is 647. The minimum atomic E-state index is -0.0610. The first-order chi connectivity index (χ1) is 11.8. The Morgan fingerprint density at radius 2 is 1.92 bits per heavy atom. The first-order valence-corrected chi connectivity index (χ1v) is 8.73. The third kappa shape index (κ3) is 3.42. The lowest BCUT2D eigenvalue weighted by molar-refractivity contribution is -0.116. The van der Waals surface area contributed by atoms with Crippen LogP contribution in [0.4, 0.5) is 5.69 Å². The van der Waals surface area contributed by atoms with Gasteiger partial charge >= 0.3 is 0 Å². The molecular weight excluding hydrogens is 300 g/mol. The number of anilines is 1. The average Bonchev–Trinajstić information content (AvgIpc) is 2.63. The molecule has 0 unspecified atom stereocenters. The van der Waals surface area contributed by atoms with Crippen LogP contribution in [0.1, 0.15) is 18.4 Å². The number of rotatable bonds is 3. The Morgan fingerprint density at radius 1 is 1.04 bits per heavy atom. The van der Waals surface area contributed by atoms with E-state index < -0.39 is 0 Å². The molecule has 0 saturated carbocycles. The predicted molar refractivity (Wildman–Crippen MR) is 93.9 cm³/mol. The molecule has 2 aromatic rings. The van der Waals surface area contributed by atoms with Gasteiger partial charge in [0.2, 0.25) is 0 Å². The van der Waals surface area contributed by atoms with Crippen molar-refractivity contribution in [1.29, 1.82) is 0 Å². The van der Waals surface area contributed by atoms with E-state index in [0.717, 1.165) is 52.2 Å². The van der Waals surface area contributed by atoms with Crippen LogP contribution in [0.15, 0.2) is 49.1 Å². The van der Waals surface area contributed by atoms with Crippen molar-refractivity contribution < 1.29 is 4.74 Å². The smallest absolute Gasteiger partial charge is 0.0983 e. The van der Waals surface area contributed by atoms with Gasteiger partial charge in [0.05, 0.1) is 24.1 Å². The standard InChI is InChI=1S/C19H24N4O/c1-4-17(12-20-7-1)14-22-10-11-24-19(15-22)6-3-9-23(16-19)18-5-2-8-21-13-18/h1-2,4-5,7-8,12-13H,3,6,9-11,14-16H2/t19-/m1/s1. The molecule has 0 bridgehead atoms. The molecule has 5 nitrogen and oxygen atoms in total. The molecule has 24 heavy (non-hydrogen) atoms. The van der Waals surface area contributed by atoms with Crippen molar-refractivity contribution in [2.24, 2.45) is 0 Å². The molecule has 1 spiro atoms. The molecule has 0 radical (unpaired) electrons. The van der Waals surface area contributed by atoms with Crippen LogP contribution in [0, 0.1) is 0 Å². The minimum Gasteiger partial charge on any atom is -0.370 e. The zero-order valence-electron chi connectivity index (χ0n) is 14.0. The number of aromatic nitrogens is 2. The lowest BCUT2D eigenvalue weighted by Gasteiger charge is -2.48. The van der Waals surface area contributed by atoms with Crippen molar-refractivity contribution in [3.8, 4) is 0 Å². The number of pyridine rings is 2. The van der Waals surface area contributed by atoms with Gasteiger partial charge in [0.25, 0.3) is 0 Å². The summed E-state index contributed by atoms with van der Waals surface area (Å²) >= 11 is 0. The van der Waals surface area contributed by atoms with Crippen LogP contribution < -0.4 is 4.90 Å². The van der Waals surface area contributed by atoms with Gasteiger partial charge in [-0.2, -0.15) is 0 Å². The highest BCUT2D eigenvalue weighted by molar-refractivity contribution is 5.44. The summed E-state index contributed by atoms with van der Waals surface area (Å²) in [5, 5.41) is 0. The Balaban J connectivity index is 1.45. The number of piperidine rings is 1. The number of hydrogen-bond donors (Lipinski definition) is 0. The molecule has 2 aliphatic rings. The van der Waals surface area contributed by atoms with Crippen LogP contribution in [0.2, 0.25) is 0 Å². The van der Waals surface area contributed by atoms with Crippen molar-refractivity contribution in [3.63, 3.8) is 0 Å². The second kappa shape index (κ2) is 6.87. The van der Waals surface area contributed by atoms with Crippen molar-refractivity contribution in [2.45, 2.75) is 25.0 Å². The molecule has 0 aromatic carbocycles. The van der Waals surface area contributed by atoms with E-state index in [2.05, 4.69) is 31.9 Å². The van der Waals surface area contributed by atoms with Crippen LogP contribution in [0.25, 0.3) is 0 Å². The SMILES string of the molecule is c1cncc(CN2CCO[C@]3(CCCN(c4cccnc4)C3)C2)c1. The Kier molecular flexibility index (Phi) is 4.45. The topological polar surface area (TPSA) is 41.5 Å². The summed E-state index contributed by atoms with van der Waals surface area (Å²) in [5.41, 5.74) is 2.41. The fraction of sp³-hybridized carbons (Fsp3) is 0.474. The lowest BCUT2D eigenvalue weighted by atomic mass is 9.90. The maximum Gasteiger partial charge on any atom is 0.0983 e. The largest absolute Gasteiger partial charge is 0.370 e. The van der Waals surface area contributed by atoms with Gasteiger partial charge in [-0.3, -0.25) is 14.9 Å². The summed E-state index contributed by atoms with van der Waals surface area (Å²) in [6, 6.07) is 8.31. The molecule has 4 heterocycles. The highest BCUT2D eigenvalue weighted by Gasteiger charge is 2.40. The fourth-order valence-electron chi connectivity index (χ4n) is 3.91. The van der Waals surface area contributed by atoms with Crippen LogP contribution in [-0.2, 0) is 11.3 Å². The van der Waals surface area contributed by atoms with Crippen LogP contribution >= 0.6 is 0 Å². The molecular formula is C19H24N4O. The van der Waals surface area contributed by atoms with Crippen molar-refractivity contribution >= 4 is 5.69 Å². The summed E-state index contributed by atoms with van der Waals surface area (Å²) in [6.07, 6.45) is 9.87. The molecule has 2 aromatic heterocycles. The van der Waals surface area contributed by atoms with Crippen LogP contribution in [0.3, 0.4) is 0 Å². The fourth-order valence-corrected chi connectivity index (χ4v) is 3.91. The van der Waals surface area contributed by atoms with Gasteiger partial charge in [-0.1, -0.05) is 6.07 Å². The Morgan fingerprint density at radius 3 is 2.71 bits per heavy atom. The molecule has 2 aliphatic heterocycles. The molecule has 0 N–H and O–H groups in total. The number of morpholine rings is 1. The van der Waals surface area contributed by atoms with Gasteiger partial charge in [-0.25, -0.2) is 0 Å². The predicted octanol–water partition coefficient (Wildman–Crippen LogP) is 2.35. The number of ether oxygens (including phenoxy) is 1. The average molecular weight is 324 g/mol. The summed E-state index contributed by atoms with van der Waals surface area (Å²) in [4.78, 5) is 13.4. The summed E-state index contributed by atoms with van der Waals surface area (Å²) in [5.74, 6) is 0. The van der Waals surface area contributed by atoms with E-state index in [4.69, 9.17) is 4.74 Å². The molecule has 0 amide bonds. The van der Waals surface area contributed by atoms with Gasteiger partial charge < -0.3 is 9.64 Å². The Labute approximate surface area is 143 Å². The number of nitrogens with zero attached hydrogens (tertiary/aromatic N) is 4. The van der Waals surface area contributed by atoms with E-state index >= 15 is 0 Å².